The second kappa shape index (κ2) is 38.1. The Bertz CT molecular complexity index is 979. The summed E-state index contributed by atoms with van der Waals surface area (Å²) in [6, 6.07) is -1.52. The summed E-state index contributed by atoms with van der Waals surface area (Å²) in [5.74, 6) is -2.37. The molecule has 54 heavy (non-hydrogen) atoms. The Kier molecular flexibility index (Phi) is 36.9. The van der Waals surface area contributed by atoms with E-state index in [0.717, 1.165) is 38.5 Å². The summed E-state index contributed by atoms with van der Waals surface area (Å²) >= 11 is 0. The van der Waals surface area contributed by atoms with Crippen LogP contribution >= 0.6 is 7.82 Å². The molecule has 0 bridgehead atoms. The summed E-state index contributed by atoms with van der Waals surface area (Å²) in [5, 5.41) is 8.86. The van der Waals surface area contributed by atoms with E-state index < -0.39 is 51.1 Å². The van der Waals surface area contributed by atoms with Crippen molar-refractivity contribution in [3.63, 3.8) is 0 Å². The summed E-state index contributed by atoms with van der Waals surface area (Å²) in [5.41, 5.74) is 5.32. The fourth-order valence-corrected chi connectivity index (χ4v) is 6.84. The SMILES string of the molecule is CCCCCCCC/C=C/CCCCCCCCCCCCCC(=O)OC[C@@H](COP(=O)(O)OC[C@H](N)C(=O)O)OC(=O)CCCCCCCCCCC. The standard InChI is InChI=1S/C42H80NO10P/c1-3-5-7-9-11-13-14-15-16-17-18-19-20-21-22-23-24-26-27-29-31-33-40(44)50-35-38(36-51-54(48,49)52-37-39(43)42(46)47)53-41(45)34-32-30-28-25-12-10-8-6-4-2/h15-16,38-39H,3-14,17-37,43H2,1-2H3,(H,46,47)(H,48,49)/b16-15+/t38-,39-/m0/s1. The zero-order valence-corrected chi connectivity index (χ0v) is 35.2. The average molecular weight is 790 g/mol. The first-order chi connectivity index (χ1) is 26.1. The van der Waals surface area contributed by atoms with E-state index in [4.69, 9.17) is 24.8 Å². The van der Waals surface area contributed by atoms with Crippen molar-refractivity contribution in [2.24, 2.45) is 5.73 Å². The summed E-state index contributed by atoms with van der Waals surface area (Å²) in [7, 11) is -4.70. The van der Waals surface area contributed by atoms with Gasteiger partial charge in [-0.2, -0.15) is 0 Å². The van der Waals surface area contributed by atoms with Crippen LogP contribution in [0.2, 0.25) is 0 Å². The van der Waals surface area contributed by atoms with Gasteiger partial charge in [0.15, 0.2) is 6.10 Å². The zero-order valence-electron chi connectivity index (χ0n) is 34.3. The Morgan fingerprint density at radius 2 is 0.926 bits per heavy atom. The first kappa shape index (κ1) is 52.2. The molecular weight excluding hydrogens is 709 g/mol. The van der Waals surface area contributed by atoms with Gasteiger partial charge in [-0.05, 0) is 38.5 Å². The number of carbonyl (C=O) groups is 3. The van der Waals surface area contributed by atoms with Gasteiger partial charge in [0.2, 0.25) is 0 Å². The molecule has 0 aromatic rings. The van der Waals surface area contributed by atoms with E-state index in [-0.39, 0.29) is 19.4 Å². The van der Waals surface area contributed by atoms with Gasteiger partial charge >= 0.3 is 25.7 Å². The second-order valence-electron chi connectivity index (χ2n) is 14.8. The highest BCUT2D eigenvalue weighted by molar-refractivity contribution is 7.47. The number of phosphoric acid groups is 1. The van der Waals surface area contributed by atoms with Gasteiger partial charge in [-0.3, -0.25) is 23.4 Å². The average Bonchev–Trinajstić information content (AvgIpc) is 3.14. The number of allylic oxidation sites excluding steroid dienone is 2. The quantitative estimate of drug-likeness (QED) is 0.0233. The lowest BCUT2D eigenvalue weighted by Gasteiger charge is -2.20. The molecule has 0 aliphatic carbocycles. The number of rotatable bonds is 41. The van der Waals surface area contributed by atoms with Gasteiger partial charge in [-0.25, -0.2) is 4.57 Å². The molecule has 0 fully saturated rings. The molecule has 3 atom stereocenters. The van der Waals surface area contributed by atoms with E-state index in [0.29, 0.717) is 12.8 Å². The number of esters is 2. The third-order valence-electron chi connectivity index (χ3n) is 9.51. The van der Waals surface area contributed by atoms with Crippen molar-refractivity contribution >= 4 is 25.7 Å². The van der Waals surface area contributed by atoms with Crippen LogP contribution in [0.3, 0.4) is 0 Å². The smallest absolute Gasteiger partial charge is 0.472 e. The lowest BCUT2D eigenvalue weighted by atomic mass is 10.0. The van der Waals surface area contributed by atoms with Crippen LogP contribution in [-0.2, 0) is 37.5 Å². The molecule has 0 spiro atoms. The molecule has 0 aliphatic heterocycles. The van der Waals surface area contributed by atoms with E-state index >= 15 is 0 Å². The highest BCUT2D eigenvalue weighted by Gasteiger charge is 2.28. The van der Waals surface area contributed by atoms with Gasteiger partial charge in [0.05, 0.1) is 13.2 Å². The van der Waals surface area contributed by atoms with E-state index in [1.165, 1.54) is 128 Å². The molecule has 11 nitrogen and oxygen atoms in total. The Balaban J connectivity index is 4.19. The zero-order chi connectivity index (χ0) is 40.0. The Morgan fingerprint density at radius 3 is 1.35 bits per heavy atom. The van der Waals surface area contributed by atoms with E-state index in [2.05, 4.69) is 30.5 Å². The first-order valence-corrected chi connectivity index (χ1v) is 23.2. The molecule has 0 aromatic carbocycles. The largest absolute Gasteiger partial charge is 0.480 e. The lowest BCUT2D eigenvalue weighted by molar-refractivity contribution is -0.161. The minimum atomic E-state index is -4.70. The molecule has 0 rings (SSSR count). The fourth-order valence-electron chi connectivity index (χ4n) is 6.06. The lowest BCUT2D eigenvalue weighted by Crippen LogP contribution is -2.34. The van der Waals surface area contributed by atoms with Gasteiger partial charge in [0.25, 0.3) is 0 Å². The molecule has 0 aromatic heterocycles. The minimum absolute atomic E-state index is 0.165. The van der Waals surface area contributed by atoms with Gasteiger partial charge in [-0.15, -0.1) is 0 Å². The number of carboxylic acids is 1. The van der Waals surface area contributed by atoms with E-state index in [1.54, 1.807) is 0 Å². The number of nitrogens with two attached hydrogens (primary N) is 1. The maximum Gasteiger partial charge on any atom is 0.472 e. The maximum absolute atomic E-state index is 12.5. The van der Waals surface area contributed by atoms with Gasteiger partial charge in [0, 0.05) is 12.8 Å². The molecule has 12 heteroatoms. The van der Waals surface area contributed by atoms with Crippen molar-refractivity contribution in [3.8, 4) is 0 Å². The number of carboxylic acid groups (broad SMARTS) is 1. The number of aliphatic carboxylic acids is 1. The fraction of sp³-hybridized carbons (Fsp3) is 0.881. The second-order valence-corrected chi connectivity index (χ2v) is 16.3. The van der Waals surface area contributed by atoms with Crippen LogP contribution in [0.5, 0.6) is 0 Å². The predicted molar refractivity (Wildman–Crippen MR) is 217 cm³/mol. The molecule has 0 radical (unpaired) electrons. The molecule has 0 heterocycles. The topological polar surface area (TPSA) is 172 Å². The number of hydrogen-bond acceptors (Lipinski definition) is 9. The summed E-state index contributed by atoms with van der Waals surface area (Å²) in [4.78, 5) is 45.8. The van der Waals surface area contributed by atoms with Crippen LogP contribution in [0.15, 0.2) is 12.2 Å². The minimum Gasteiger partial charge on any atom is -0.480 e. The molecule has 1 unspecified atom stereocenters. The van der Waals surface area contributed by atoms with Crippen LogP contribution in [0, 0.1) is 0 Å². The van der Waals surface area contributed by atoms with Crippen molar-refractivity contribution in [2.75, 3.05) is 19.8 Å². The van der Waals surface area contributed by atoms with Crippen molar-refractivity contribution in [1.29, 1.82) is 0 Å². The third-order valence-corrected chi connectivity index (χ3v) is 10.5. The Labute approximate surface area is 328 Å². The number of unbranched alkanes of at least 4 members (excludes halogenated alkanes) is 25. The molecule has 318 valence electrons. The van der Waals surface area contributed by atoms with Gasteiger partial charge < -0.3 is 25.2 Å². The van der Waals surface area contributed by atoms with Crippen molar-refractivity contribution < 1.29 is 47.5 Å². The third kappa shape index (κ3) is 37.2. The highest BCUT2D eigenvalue weighted by Crippen LogP contribution is 2.43. The van der Waals surface area contributed by atoms with Crippen LogP contribution < -0.4 is 5.73 Å². The van der Waals surface area contributed by atoms with Crippen molar-refractivity contribution in [3.05, 3.63) is 12.2 Å². The van der Waals surface area contributed by atoms with Crippen molar-refractivity contribution in [2.45, 2.75) is 219 Å². The number of hydrogen-bond donors (Lipinski definition) is 3. The maximum atomic E-state index is 12.5. The molecular formula is C42H80NO10P. The summed E-state index contributed by atoms with van der Waals surface area (Å²) in [6.07, 6.45) is 37.2. The normalized spacial score (nSPS) is 13.9. The molecule has 0 saturated heterocycles. The van der Waals surface area contributed by atoms with E-state index in [9.17, 15) is 23.8 Å². The predicted octanol–water partition coefficient (Wildman–Crippen LogP) is 11.3. The van der Waals surface area contributed by atoms with Crippen LogP contribution in [0.1, 0.15) is 206 Å². The number of carbonyl (C=O) groups excluding carboxylic acids is 2. The van der Waals surface area contributed by atoms with Crippen LogP contribution in [-0.4, -0.2) is 59.9 Å². The molecule has 4 N–H and O–H groups in total. The summed E-state index contributed by atoms with van der Waals surface area (Å²) < 4.78 is 32.6. The van der Waals surface area contributed by atoms with E-state index in [1.807, 2.05) is 0 Å². The van der Waals surface area contributed by atoms with Crippen LogP contribution in [0.4, 0.5) is 0 Å². The van der Waals surface area contributed by atoms with Crippen molar-refractivity contribution in [1.82, 2.24) is 0 Å². The van der Waals surface area contributed by atoms with Gasteiger partial charge in [0.1, 0.15) is 12.6 Å². The van der Waals surface area contributed by atoms with Crippen LogP contribution in [0.25, 0.3) is 0 Å². The molecule has 0 saturated carbocycles. The summed E-state index contributed by atoms with van der Waals surface area (Å²) in [6.45, 7) is 2.78. The molecule has 0 amide bonds. The monoisotopic (exact) mass is 790 g/mol. The first-order valence-electron chi connectivity index (χ1n) is 21.7. The number of phosphoric ester groups is 1. The molecule has 0 aliphatic rings. The van der Waals surface area contributed by atoms with Gasteiger partial charge in [-0.1, -0.05) is 167 Å². The Hall–Kier alpha value is -1.78. The number of ether oxygens (including phenoxy) is 2. The highest BCUT2D eigenvalue weighted by atomic mass is 31.2. The Morgan fingerprint density at radius 1 is 0.556 bits per heavy atom.